The van der Waals surface area contributed by atoms with Crippen molar-refractivity contribution < 1.29 is 9.13 Å². The summed E-state index contributed by atoms with van der Waals surface area (Å²) in [5.41, 5.74) is 1.17. The van der Waals surface area contributed by atoms with Gasteiger partial charge in [0.2, 0.25) is 0 Å². The first-order chi connectivity index (χ1) is 8.79. The molecule has 0 heterocycles. The van der Waals surface area contributed by atoms with Gasteiger partial charge in [-0.2, -0.15) is 0 Å². The van der Waals surface area contributed by atoms with Crippen molar-refractivity contribution in [2.45, 2.75) is 44.2 Å². The first kappa shape index (κ1) is 13.5. The normalized spacial score (nSPS) is 24.1. The Kier molecular flexibility index (Phi) is 5.14. The molecule has 100 valence electrons. The van der Waals surface area contributed by atoms with Gasteiger partial charge < -0.3 is 10.1 Å². The van der Waals surface area contributed by atoms with Crippen LogP contribution in [0.5, 0.6) is 0 Å². The van der Waals surface area contributed by atoms with Gasteiger partial charge in [-0.1, -0.05) is 25.0 Å². The van der Waals surface area contributed by atoms with Crippen LogP contribution in [0.15, 0.2) is 24.3 Å². The van der Waals surface area contributed by atoms with Crippen LogP contribution in [-0.4, -0.2) is 25.8 Å². The molecule has 0 aliphatic heterocycles. The standard InChI is InChI=1S/C15H22FNO/c1-18-15-5-3-2-4-14(15)17-11-10-12-6-8-13(16)9-7-12/h6-9,14-15,17H,2-5,10-11H2,1H3/t14-,15+/m1/s1. The summed E-state index contributed by atoms with van der Waals surface area (Å²) in [6.45, 7) is 0.927. The van der Waals surface area contributed by atoms with Crippen LogP contribution in [-0.2, 0) is 11.2 Å². The Hall–Kier alpha value is -0.930. The minimum atomic E-state index is -0.168. The average Bonchev–Trinajstić information content (AvgIpc) is 2.41. The van der Waals surface area contributed by atoms with E-state index < -0.39 is 0 Å². The molecule has 3 heteroatoms. The van der Waals surface area contributed by atoms with E-state index in [1.165, 1.54) is 37.0 Å². The predicted octanol–water partition coefficient (Wildman–Crippen LogP) is 2.92. The van der Waals surface area contributed by atoms with E-state index in [0.717, 1.165) is 19.4 Å². The zero-order chi connectivity index (χ0) is 12.8. The van der Waals surface area contributed by atoms with Crippen LogP contribution < -0.4 is 5.32 Å². The summed E-state index contributed by atoms with van der Waals surface area (Å²) in [6.07, 6.45) is 6.20. The zero-order valence-corrected chi connectivity index (χ0v) is 11.0. The van der Waals surface area contributed by atoms with E-state index in [-0.39, 0.29) is 5.82 Å². The second-order valence-corrected chi connectivity index (χ2v) is 5.00. The molecule has 0 unspecified atom stereocenters. The number of rotatable bonds is 5. The summed E-state index contributed by atoms with van der Waals surface area (Å²) in [5, 5.41) is 3.57. The number of methoxy groups -OCH3 is 1. The Morgan fingerprint density at radius 3 is 2.67 bits per heavy atom. The Balaban J connectivity index is 1.75. The summed E-state index contributed by atoms with van der Waals surface area (Å²) in [5.74, 6) is -0.168. The monoisotopic (exact) mass is 251 g/mol. The minimum Gasteiger partial charge on any atom is -0.380 e. The van der Waals surface area contributed by atoms with Crippen LogP contribution in [0.2, 0.25) is 0 Å². The molecule has 1 saturated carbocycles. The van der Waals surface area contributed by atoms with Gasteiger partial charge in [0.1, 0.15) is 5.82 Å². The van der Waals surface area contributed by atoms with Gasteiger partial charge in [-0.3, -0.25) is 0 Å². The van der Waals surface area contributed by atoms with Crippen LogP contribution in [0, 0.1) is 5.82 Å². The predicted molar refractivity (Wildman–Crippen MR) is 71.2 cm³/mol. The molecule has 1 aromatic carbocycles. The number of nitrogens with one attached hydrogen (secondary N) is 1. The van der Waals surface area contributed by atoms with Crippen LogP contribution in [0.1, 0.15) is 31.2 Å². The van der Waals surface area contributed by atoms with Gasteiger partial charge in [-0.05, 0) is 43.5 Å². The summed E-state index contributed by atoms with van der Waals surface area (Å²) >= 11 is 0. The van der Waals surface area contributed by atoms with Gasteiger partial charge in [-0.25, -0.2) is 4.39 Å². The van der Waals surface area contributed by atoms with E-state index >= 15 is 0 Å². The highest BCUT2D eigenvalue weighted by molar-refractivity contribution is 5.16. The summed E-state index contributed by atoms with van der Waals surface area (Å²) in [6, 6.07) is 7.23. The van der Waals surface area contributed by atoms with Crippen molar-refractivity contribution in [1.29, 1.82) is 0 Å². The molecule has 2 rings (SSSR count). The Morgan fingerprint density at radius 1 is 1.22 bits per heavy atom. The molecule has 0 amide bonds. The Morgan fingerprint density at radius 2 is 1.94 bits per heavy atom. The van der Waals surface area contributed by atoms with Crippen molar-refractivity contribution in [2.75, 3.05) is 13.7 Å². The largest absolute Gasteiger partial charge is 0.380 e. The lowest BCUT2D eigenvalue weighted by Gasteiger charge is -2.31. The average molecular weight is 251 g/mol. The van der Waals surface area contributed by atoms with E-state index in [2.05, 4.69) is 5.32 Å². The maximum Gasteiger partial charge on any atom is 0.123 e. The van der Waals surface area contributed by atoms with Gasteiger partial charge in [-0.15, -0.1) is 0 Å². The number of hydrogen-bond acceptors (Lipinski definition) is 2. The maximum atomic E-state index is 12.8. The maximum absolute atomic E-state index is 12.8. The molecule has 18 heavy (non-hydrogen) atoms. The van der Waals surface area contributed by atoms with Crippen molar-refractivity contribution in [3.63, 3.8) is 0 Å². The molecular weight excluding hydrogens is 229 g/mol. The fourth-order valence-corrected chi connectivity index (χ4v) is 2.67. The minimum absolute atomic E-state index is 0.168. The molecule has 1 aromatic rings. The van der Waals surface area contributed by atoms with Crippen molar-refractivity contribution in [1.82, 2.24) is 5.32 Å². The molecule has 1 aliphatic carbocycles. The highest BCUT2D eigenvalue weighted by Gasteiger charge is 2.23. The van der Waals surface area contributed by atoms with Gasteiger partial charge in [0.05, 0.1) is 6.10 Å². The summed E-state index contributed by atoms with van der Waals surface area (Å²) in [4.78, 5) is 0. The van der Waals surface area contributed by atoms with Crippen LogP contribution in [0.4, 0.5) is 4.39 Å². The Bertz CT molecular complexity index is 352. The molecule has 0 radical (unpaired) electrons. The lowest BCUT2D eigenvalue weighted by molar-refractivity contribution is 0.0421. The summed E-state index contributed by atoms with van der Waals surface area (Å²) < 4.78 is 18.3. The molecule has 1 fully saturated rings. The third kappa shape index (κ3) is 3.79. The smallest absolute Gasteiger partial charge is 0.123 e. The molecule has 0 aromatic heterocycles. The SMILES string of the molecule is CO[C@H]1CCCC[C@H]1NCCc1ccc(F)cc1. The quantitative estimate of drug-likeness (QED) is 0.868. The molecule has 2 nitrogen and oxygen atoms in total. The zero-order valence-electron chi connectivity index (χ0n) is 11.0. The van der Waals surface area contributed by atoms with Gasteiger partial charge in [0.25, 0.3) is 0 Å². The topological polar surface area (TPSA) is 21.3 Å². The third-order valence-corrected chi connectivity index (χ3v) is 3.74. The Labute approximate surface area is 109 Å². The van der Waals surface area contributed by atoms with Gasteiger partial charge >= 0.3 is 0 Å². The molecule has 2 atom stereocenters. The van der Waals surface area contributed by atoms with Gasteiger partial charge in [0.15, 0.2) is 0 Å². The van der Waals surface area contributed by atoms with Crippen molar-refractivity contribution >= 4 is 0 Å². The molecule has 1 aliphatic rings. The molecule has 0 saturated heterocycles. The number of halogens is 1. The lowest BCUT2D eigenvalue weighted by Crippen LogP contribution is -2.43. The van der Waals surface area contributed by atoms with E-state index in [9.17, 15) is 4.39 Å². The van der Waals surface area contributed by atoms with E-state index in [0.29, 0.717) is 12.1 Å². The first-order valence-corrected chi connectivity index (χ1v) is 6.80. The molecule has 1 N–H and O–H groups in total. The van der Waals surface area contributed by atoms with Crippen molar-refractivity contribution in [3.05, 3.63) is 35.6 Å². The molecular formula is C15H22FNO. The van der Waals surface area contributed by atoms with Crippen LogP contribution in [0.3, 0.4) is 0 Å². The highest BCUT2D eigenvalue weighted by atomic mass is 19.1. The fourth-order valence-electron chi connectivity index (χ4n) is 2.67. The van der Waals surface area contributed by atoms with Gasteiger partial charge in [0, 0.05) is 13.2 Å². The third-order valence-electron chi connectivity index (χ3n) is 3.74. The number of benzene rings is 1. The number of hydrogen-bond donors (Lipinski definition) is 1. The fraction of sp³-hybridized carbons (Fsp3) is 0.600. The van der Waals surface area contributed by atoms with Crippen molar-refractivity contribution in [3.8, 4) is 0 Å². The first-order valence-electron chi connectivity index (χ1n) is 6.80. The number of ether oxygens (including phenoxy) is 1. The van der Waals surface area contributed by atoms with E-state index in [1.54, 1.807) is 7.11 Å². The summed E-state index contributed by atoms with van der Waals surface area (Å²) in [7, 11) is 1.80. The second kappa shape index (κ2) is 6.86. The van der Waals surface area contributed by atoms with Crippen LogP contribution in [0.25, 0.3) is 0 Å². The highest BCUT2D eigenvalue weighted by Crippen LogP contribution is 2.20. The molecule has 0 bridgehead atoms. The van der Waals surface area contributed by atoms with Crippen LogP contribution >= 0.6 is 0 Å². The molecule has 0 spiro atoms. The van der Waals surface area contributed by atoms with Crippen molar-refractivity contribution in [2.24, 2.45) is 0 Å². The lowest BCUT2D eigenvalue weighted by atomic mass is 9.92. The second-order valence-electron chi connectivity index (χ2n) is 5.00. The van der Waals surface area contributed by atoms with E-state index in [1.807, 2.05) is 12.1 Å². The van der Waals surface area contributed by atoms with E-state index in [4.69, 9.17) is 4.74 Å².